The van der Waals surface area contributed by atoms with Gasteiger partial charge in [0.1, 0.15) is 0 Å². The average Bonchev–Trinajstić information content (AvgIpc) is 2.99. The van der Waals surface area contributed by atoms with Crippen LogP contribution in [0.15, 0.2) is 18.2 Å². The molecule has 0 aromatic heterocycles. The minimum absolute atomic E-state index is 0.784. The summed E-state index contributed by atoms with van der Waals surface area (Å²) in [5, 5.41) is 1.57. The Labute approximate surface area is 101 Å². The van der Waals surface area contributed by atoms with E-state index in [1.165, 1.54) is 12.8 Å². The van der Waals surface area contributed by atoms with Gasteiger partial charge in [-0.2, -0.15) is 0 Å². The fourth-order valence-corrected chi connectivity index (χ4v) is 2.34. The first kappa shape index (κ1) is 11.3. The van der Waals surface area contributed by atoms with E-state index in [2.05, 4.69) is 11.9 Å². The van der Waals surface area contributed by atoms with Crippen LogP contribution < -0.4 is 0 Å². The second-order valence-electron chi connectivity index (χ2n) is 4.16. The van der Waals surface area contributed by atoms with E-state index >= 15 is 0 Å². The molecule has 0 heterocycles. The lowest BCUT2D eigenvalue weighted by Gasteiger charge is -2.16. The summed E-state index contributed by atoms with van der Waals surface area (Å²) in [6.45, 7) is 1.04. The number of nitrogens with zero attached hydrogens (tertiary/aromatic N) is 1. The molecule has 1 nitrogen and oxygen atoms in total. The third-order valence-electron chi connectivity index (χ3n) is 2.95. The van der Waals surface area contributed by atoms with Crippen molar-refractivity contribution in [3.05, 3.63) is 33.8 Å². The summed E-state index contributed by atoms with van der Waals surface area (Å²) >= 11 is 12.2. The van der Waals surface area contributed by atoms with Gasteiger partial charge in [0.15, 0.2) is 0 Å². The van der Waals surface area contributed by atoms with Crippen LogP contribution in [0.25, 0.3) is 0 Å². The Morgan fingerprint density at radius 1 is 1.27 bits per heavy atom. The summed E-state index contributed by atoms with van der Waals surface area (Å²) in [5.41, 5.74) is 1.08. The molecule has 2 rings (SSSR count). The number of hydrogen-bond donors (Lipinski definition) is 0. The molecule has 3 heteroatoms. The van der Waals surface area contributed by atoms with Gasteiger partial charge in [-0.25, -0.2) is 0 Å². The molecule has 0 spiro atoms. The number of halogens is 2. The van der Waals surface area contributed by atoms with Crippen molar-refractivity contribution in [2.75, 3.05) is 13.6 Å². The van der Waals surface area contributed by atoms with Crippen LogP contribution in [0.4, 0.5) is 0 Å². The quantitative estimate of drug-likeness (QED) is 0.781. The normalized spacial score (nSPS) is 16.0. The molecular weight excluding hydrogens is 229 g/mol. The molecule has 1 saturated carbocycles. The molecule has 0 aliphatic heterocycles. The zero-order chi connectivity index (χ0) is 10.8. The molecule has 0 amide bonds. The lowest BCUT2D eigenvalue weighted by molar-refractivity contribution is 0.328. The minimum Gasteiger partial charge on any atom is -0.303 e. The Morgan fingerprint density at radius 3 is 2.40 bits per heavy atom. The summed E-state index contributed by atoms with van der Waals surface area (Å²) in [7, 11) is 2.17. The monoisotopic (exact) mass is 243 g/mol. The number of rotatable bonds is 4. The van der Waals surface area contributed by atoms with E-state index in [-0.39, 0.29) is 0 Å². The van der Waals surface area contributed by atoms with Crippen LogP contribution in [-0.4, -0.2) is 24.5 Å². The van der Waals surface area contributed by atoms with Gasteiger partial charge in [0.2, 0.25) is 0 Å². The highest BCUT2D eigenvalue weighted by Crippen LogP contribution is 2.28. The summed E-state index contributed by atoms with van der Waals surface area (Å²) in [4.78, 5) is 2.39. The highest BCUT2D eigenvalue weighted by molar-refractivity contribution is 6.35. The Hall–Kier alpha value is -0.240. The van der Waals surface area contributed by atoms with Gasteiger partial charge in [-0.05, 0) is 44.0 Å². The first-order chi connectivity index (χ1) is 7.18. The van der Waals surface area contributed by atoms with E-state index in [0.29, 0.717) is 0 Å². The number of hydrogen-bond acceptors (Lipinski definition) is 1. The van der Waals surface area contributed by atoms with Crippen LogP contribution in [0.5, 0.6) is 0 Å². The first-order valence-corrected chi connectivity index (χ1v) is 6.07. The van der Waals surface area contributed by atoms with Crippen molar-refractivity contribution in [3.8, 4) is 0 Å². The molecule has 1 aliphatic carbocycles. The van der Waals surface area contributed by atoms with Crippen molar-refractivity contribution < 1.29 is 0 Å². The van der Waals surface area contributed by atoms with Gasteiger partial charge >= 0.3 is 0 Å². The van der Waals surface area contributed by atoms with Crippen molar-refractivity contribution in [1.29, 1.82) is 0 Å². The average molecular weight is 244 g/mol. The molecule has 0 radical (unpaired) electrons. The Bertz CT molecular complexity index is 327. The van der Waals surface area contributed by atoms with E-state index in [4.69, 9.17) is 23.2 Å². The molecule has 0 saturated heterocycles. The van der Waals surface area contributed by atoms with Gasteiger partial charge in [-0.1, -0.05) is 29.3 Å². The third kappa shape index (κ3) is 2.87. The molecule has 0 N–H and O–H groups in total. The maximum absolute atomic E-state index is 6.11. The maximum atomic E-state index is 6.11. The molecule has 0 unspecified atom stereocenters. The standard InChI is InChI=1S/C12H15Cl2N/c1-15(9-5-6-9)8-7-10-11(13)3-2-4-12(10)14/h2-4,9H,5-8H2,1H3. The fraction of sp³-hybridized carbons (Fsp3) is 0.500. The Balaban J connectivity index is 1.97. The summed E-state index contributed by atoms with van der Waals surface area (Å²) in [6, 6.07) is 6.49. The second-order valence-corrected chi connectivity index (χ2v) is 4.98. The highest BCUT2D eigenvalue weighted by atomic mass is 35.5. The lowest BCUT2D eigenvalue weighted by Crippen LogP contribution is -2.23. The lowest BCUT2D eigenvalue weighted by atomic mass is 10.1. The minimum atomic E-state index is 0.784. The van der Waals surface area contributed by atoms with Crippen LogP contribution >= 0.6 is 23.2 Å². The highest BCUT2D eigenvalue weighted by Gasteiger charge is 2.25. The van der Waals surface area contributed by atoms with Gasteiger partial charge in [0.25, 0.3) is 0 Å². The predicted octanol–water partition coefficient (Wildman–Crippen LogP) is 3.63. The zero-order valence-corrected chi connectivity index (χ0v) is 10.4. The fourth-order valence-electron chi connectivity index (χ4n) is 1.76. The van der Waals surface area contributed by atoms with Crippen molar-refractivity contribution in [2.45, 2.75) is 25.3 Å². The predicted molar refractivity (Wildman–Crippen MR) is 65.8 cm³/mol. The number of likely N-dealkylation sites (N-methyl/N-ethyl adjacent to an activating group) is 1. The van der Waals surface area contributed by atoms with Crippen molar-refractivity contribution in [2.24, 2.45) is 0 Å². The van der Waals surface area contributed by atoms with Gasteiger partial charge in [-0.3, -0.25) is 0 Å². The van der Waals surface area contributed by atoms with E-state index in [1.807, 2.05) is 18.2 Å². The van der Waals surface area contributed by atoms with Crippen molar-refractivity contribution in [3.63, 3.8) is 0 Å². The molecule has 1 aliphatic rings. The largest absolute Gasteiger partial charge is 0.303 e. The Kier molecular flexibility index (Phi) is 3.55. The molecule has 0 atom stereocenters. The SMILES string of the molecule is CN(CCc1c(Cl)cccc1Cl)C1CC1. The van der Waals surface area contributed by atoms with Gasteiger partial charge in [0, 0.05) is 22.6 Å². The molecule has 82 valence electrons. The molecule has 1 aromatic carbocycles. The van der Waals surface area contributed by atoms with Crippen molar-refractivity contribution in [1.82, 2.24) is 4.90 Å². The van der Waals surface area contributed by atoms with Crippen LogP contribution in [0.1, 0.15) is 18.4 Å². The molecule has 0 bridgehead atoms. The van der Waals surface area contributed by atoms with E-state index < -0.39 is 0 Å². The summed E-state index contributed by atoms with van der Waals surface area (Å²) < 4.78 is 0. The maximum Gasteiger partial charge on any atom is 0.0453 e. The van der Waals surface area contributed by atoms with Crippen LogP contribution in [0, 0.1) is 0 Å². The number of benzene rings is 1. The van der Waals surface area contributed by atoms with Crippen molar-refractivity contribution >= 4 is 23.2 Å². The van der Waals surface area contributed by atoms with Crippen LogP contribution in [0.2, 0.25) is 10.0 Å². The van der Waals surface area contributed by atoms with E-state index in [0.717, 1.165) is 34.6 Å². The van der Waals surface area contributed by atoms with Crippen LogP contribution in [0.3, 0.4) is 0 Å². The molecular formula is C12H15Cl2N. The molecule has 1 aromatic rings. The van der Waals surface area contributed by atoms with Gasteiger partial charge in [-0.15, -0.1) is 0 Å². The van der Waals surface area contributed by atoms with E-state index in [9.17, 15) is 0 Å². The zero-order valence-electron chi connectivity index (χ0n) is 8.84. The third-order valence-corrected chi connectivity index (χ3v) is 3.65. The Morgan fingerprint density at radius 2 is 1.87 bits per heavy atom. The molecule has 15 heavy (non-hydrogen) atoms. The van der Waals surface area contributed by atoms with Gasteiger partial charge in [0.05, 0.1) is 0 Å². The van der Waals surface area contributed by atoms with Gasteiger partial charge < -0.3 is 4.90 Å². The summed E-state index contributed by atoms with van der Waals surface area (Å²) in [6.07, 6.45) is 3.62. The molecule has 1 fully saturated rings. The topological polar surface area (TPSA) is 3.24 Å². The smallest absolute Gasteiger partial charge is 0.0453 e. The van der Waals surface area contributed by atoms with Crippen LogP contribution in [-0.2, 0) is 6.42 Å². The van der Waals surface area contributed by atoms with E-state index in [1.54, 1.807) is 0 Å². The second kappa shape index (κ2) is 4.73. The summed E-state index contributed by atoms with van der Waals surface area (Å²) in [5.74, 6) is 0. The first-order valence-electron chi connectivity index (χ1n) is 5.31.